The van der Waals surface area contributed by atoms with Crippen molar-refractivity contribution in [1.82, 2.24) is 0 Å². The van der Waals surface area contributed by atoms with Gasteiger partial charge in [-0.1, -0.05) is 71.4 Å². The van der Waals surface area contributed by atoms with E-state index in [1.54, 1.807) is 18.3 Å². The van der Waals surface area contributed by atoms with Crippen LogP contribution in [-0.4, -0.2) is 20.8 Å². The van der Waals surface area contributed by atoms with Crippen molar-refractivity contribution in [1.29, 1.82) is 0 Å². The van der Waals surface area contributed by atoms with Gasteiger partial charge >= 0.3 is 0 Å². The maximum Gasteiger partial charge on any atom is 0.123 e. The van der Waals surface area contributed by atoms with E-state index in [0.29, 0.717) is 0 Å². The minimum Gasteiger partial charge on any atom is -0.497 e. The Bertz CT molecular complexity index is 863. The molecule has 0 amide bonds. The van der Waals surface area contributed by atoms with Crippen molar-refractivity contribution in [3.63, 3.8) is 0 Å². The summed E-state index contributed by atoms with van der Waals surface area (Å²) in [6, 6.07) is 6.27. The van der Waals surface area contributed by atoms with E-state index in [4.69, 9.17) is 9.47 Å². The zero-order chi connectivity index (χ0) is 25.9. The second kappa shape index (κ2) is 11.1. The van der Waals surface area contributed by atoms with E-state index < -0.39 is 8.07 Å². The molecule has 192 valence electrons. The fraction of sp³-hybridized carbons (Fsp3) is 0.677. The summed E-state index contributed by atoms with van der Waals surface area (Å²) in [5.74, 6) is 1.87. The zero-order valence-electron chi connectivity index (χ0n) is 24.3. The lowest BCUT2D eigenvalue weighted by molar-refractivity contribution is 0.129. The van der Waals surface area contributed by atoms with Crippen LogP contribution >= 0.6 is 0 Å². The number of ether oxygens (including phenoxy) is 2. The predicted octanol–water partition coefficient (Wildman–Crippen LogP) is 9.70. The summed E-state index contributed by atoms with van der Waals surface area (Å²) in [4.78, 5) is 0. The van der Waals surface area contributed by atoms with Crippen molar-refractivity contribution < 1.29 is 9.47 Å². The summed E-state index contributed by atoms with van der Waals surface area (Å²) in [7, 11) is 0.138. The number of benzene rings is 1. The van der Waals surface area contributed by atoms with Crippen LogP contribution in [0.4, 0.5) is 0 Å². The summed E-state index contributed by atoms with van der Waals surface area (Å²) in [6.07, 6.45) is 7.23. The van der Waals surface area contributed by atoms with Gasteiger partial charge in [0.1, 0.15) is 17.1 Å². The first-order valence-electron chi connectivity index (χ1n) is 13.4. The molecule has 1 aliphatic carbocycles. The average Bonchev–Trinajstić information content (AvgIpc) is 2.70. The van der Waals surface area contributed by atoms with Gasteiger partial charge in [0, 0.05) is 11.0 Å². The smallest absolute Gasteiger partial charge is 0.123 e. The van der Waals surface area contributed by atoms with Crippen LogP contribution in [-0.2, 0) is 6.42 Å². The highest BCUT2D eigenvalue weighted by Gasteiger charge is 2.41. The Morgan fingerprint density at radius 2 is 1.62 bits per heavy atom. The summed E-state index contributed by atoms with van der Waals surface area (Å²) in [5, 5.41) is 0. The monoisotopic (exact) mass is 484 g/mol. The summed E-state index contributed by atoms with van der Waals surface area (Å²) < 4.78 is 12.0. The second-order valence-electron chi connectivity index (χ2n) is 12.7. The molecular formula is C31H52O2Si. The maximum absolute atomic E-state index is 6.40. The Kier molecular flexibility index (Phi) is 9.35. The van der Waals surface area contributed by atoms with Crippen LogP contribution < -0.4 is 9.47 Å². The third-order valence-corrected chi connectivity index (χ3v) is 15.0. The number of methoxy groups -OCH3 is 1. The minimum atomic E-state index is -1.61. The molecular weight excluding hydrogens is 432 g/mol. The molecule has 0 aromatic heterocycles. The highest BCUT2D eigenvalue weighted by molar-refractivity contribution is 6.88. The van der Waals surface area contributed by atoms with E-state index >= 15 is 0 Å². The van der Waals surface area contributed by atoms with Gasteiger partial charge in [-0.15, -0.1) is 0 Å². The van der Waals surface area contributed by atoms with E-state index in [1.807, 2.05) is 6.07 Å². The molecule has 1 atom stereocenters. The summed E-state index contributed by atoms with van der Waals surface area (Å²) in [5.41, 5.74) is 9.13. The van der Waals surface area contributed by atoms with E-state index in [0.717, 1.165) is 34.5 Å². The third kappa shape index (κ3) is 6.39. The van der Waals surface area contributed by atoms with Crippen LogP contribution in [0.25, 0.3) is 0 Å². The van der Waals surface area contributed by atoms with Gasteiger partial charge in [-0.3, -0.25) is 0 Å². The van der Waals surface area contributed by atoms with Gasteiger partial charge < -0.3 is 9.47 Å². The number of hydrogen-bond acceptors (Lipinski definition) is 2. The molecule has 0 radical (unpaired) electrons. The lowest BCUT2D eigenvalue weighted by Crippen LogP contribution is -2.43. The molecule has 0 N–H and O–H groups in total. The van der Waals surface area contributed by atoms with Crippen molar-refractivity contribution in [3.8, 4) is 11.5 Å². The van der Waals surface area contributed by atoms with Crippen molar-refractivity contribution in [2.24, 2.45) is 5.41 Å². The van der Waals surface area contributed by atoms with E-state index in [9.17, 15) is 0 Å². The van der Waals surface area contributed by atoms with Crippen molar-refractivity contribution in [2.75, 3.05) is 7.11 Å². The van der Waals surface area contributed by atoms with Crippen LogP contribution in [0.5, 0.6) is 11.5 Å². The standard InChI is InChI=1S/C31H52O2Si/c1-22(2)34(23(3)4,24(5)6)19-18-31(11)17-13-14-25(7)28(31)21-26-20-27(32-12)15-16-29(26)33-30(8,9)10/h15-16,18-20,22-24H,13-14,17,21H2,1-12H3/b19-18+/t31-/m1/s1. The van der Waals surface area contributed by atoms with Crippen LogP contribution in [0.2, 0.25) is 16.6 Å². The van der Waals surface area contributed by atoms with E-state index in [1.165, 1.54) is 24.8 Å². The lowest BCUT2D eigenvalue weighted by Gasteiger charge is -2.43. The first-order chi connectivity index (χ1) is 15.7. The van der Waals surface area contributed by atoms with Crippen LogP contribution in [0.1, 0.15) is 101 Å². The number of allylic oxidation sites excluding steroid dienone is 3. The van der Waals surface area contributed by atoms with Crippen molar-refractivity contribution >= 4 is 8.07 Å². The Morgan fingerprint density at radius 3 is 2.12 bits per heavy atom. The zero-order valence-corrected chi connectivity index (χ0v) is 25.3. The first kappa shape index (κ1) is 28.8. The van der Waals surface area contributed by atoms with Crippen molar-refractivity contribution in [2.45, 2.75) is 124 Å². The average molecular weight is 485 g/mol. The van der Waals surface area contributed by atoms with Gasteiger partial charge in [0.2, 0.25) is 0 Å². The fourth-order valence-electron chi connectivity index (χ4n) is 6.39. The van der Waals surface area contributed by atoms with E-state index in [2.05, 4.69) is 100 Å². The summed E-state index contributed by atoms with van der Waals surface area (Å²) in [6.45, 7) is 25.9. The van der Waals surface area contributed by atoms with Crippen LogP contribution in [0.15, 0.2) is 41.1 Å². The highest BCUT2D eigenvalue weighted by atomic mass is 28.3. The maximum atomic E-state index is 6.40. The lowest BCUT2D eigenvalue weighted by atomic mass is 9.69. The molecule has 0 bridgehead atoms. The molecule has 2 nitrogen and oxygen atoms in total. The fourth-order valence-corrected chi connectivity index (χ4v) is 12.2. The van der Waals surface area contributed by atoms with Gasteiger partial charge in [-0.2, -0.15) is 0 Å². The number of rotatable bonds is 9. The van der Waals surface area contributed by atoms with Gasteiger partial charge in [0.15, 0.2) is 0 Å². The predicted molar refractivity (Wildman–Crippen MR) is 152 cm³/mol. The first-order valence-corrected chi connectivity index (χ1v) is 15.7. The van der Waals surface area contributed by atoms with Crippen LogP contribution in [0.3, 0.4) is 0 Å². The summed E-state index contributed by atoms with van der Waals surface area (Å²) >= 11 is 0. The quantitative estimate of drug-likeness (QED) is 0.256. The SMILES string of the molecule is COc1ccc(OC(C)(C)C)c(CC2=C(C)CCC[C@]2(C)/C=C/[Si](C(C)C)(C(C)C)C(C)C)c1. The van der Waals surface area contributed by atoms with E-state index in [-0.39, 0.29) is 11.0 Å². The van der Waals surface area contributed by atoms with Gasteiger partial charge in [-0.05, 0) is 88.2 Å². The molecule has 0 unspecified atom stereocenters. The molecule has 34 heavy (non-hydrogen) atoms. The van der Waals surface area contributed by atoms with Crippen LogP contribution in [0, 0.1) is 5.41 Å². The normalized spacial score (nSPS) is 20.2. The molecule has 0 fully saturated rings. The molecule has 0 saturated carbocycles. The van der Waals surface area contributed by atoms with Gasteiger partial charge in [-0.25, -0.2) is 0 Å². The molecule has 2 rings (SSSR count). The molecule has 1 aromatic carbocycles. The minimum absolute atomic E-state index is 0.0847. The topological polar surface area (TPSA) is 18.5 Å². The third-order valence-electron chi connectivity index (χ3n) is 8.24. The molecule has 0 heterocycles. The Balaban J connectivity index is 2.56. The largest absolute Gasteiger partial charge is 0.497 e. The van der Waals surface area contributed by atoms with Gasteiger partial charge in [0.05, 0.1) is 15.2 Å². The second-order valence-corrected chi connectivity index (χ2v) is 18.5. The molecule has 1 aliphatic rings. The number of hydrogen-bond donors (Lipinski definition) is 0. The Morgan fingerprint density at radius 1 is 1.03 bits per heavy atom. The molecule has 0 saturated heterocycles. The highest BCUT2D eigenvalue weighted by Crippen LogP contribution is 2.48. The Hall–Kier alpha value is -1.48. The Labute approximate surface area is 212 Å². The molecule has 3 heteroatoms. The van der Waals surface area contributed by atoms with Gasteiger partial charge in [0.25, 0.3) is 0 Å². The molecule has 0 aliphatic heterocycles. The molecule has 0 spiro atoms. The van der Waals surface area contributed by atoms with Crippen molar-refractivity contribution in [3.05, 3.63) is 46.7 Å². The molecule has 1 aromatic rings.